The van der Waals surface area contributed by atoms with Crippen molar-refractivity contribution < 1.29 is 4.39 Å². The minimum Gasteiger partial charge on any atom is -0.372 e. The highest BCUT2D eigenvalue weighted by Crippen LogP contribution is 2.23. The summed E-state index contributed by atoms with van der Waals surface area (Å²) in [5, 5.41) is 0. The van der Waals surface area contributed by atoms with Crippen molar-refractivity contribution in [3.05, 3.63) is 29.6 Å². The summed E-state index contributed by atoms with van der Waals surface area (Å²) in [6.07, 6.45) is 0. The molecule has 0 aliphatic carbocycles. The van der Waals surface area contributed by atoms with Crippen LogP contribution in [0.2, 0.25) is 0 Å². The molecule has 0 aliphatic rings. The van der Waals surface area contributed by atoms with Crippen LogP contribution >= 0.6 is 11.6 Å². The quantitative estimate of drug-likeness (QED) is 0.699. The van der Waals surface area contributed by atoms with E-state index in [9.17, 15) is 4.39 Å². The van der Waals surface area contributed by atoms with Gasteiger partial charge in [-0.05, 0) is 37.6 Å². The van der Waals surface area contributed by atoms with Gasteiger partial charge in [0.15, 0.2) is 0 Å². The van der Waals surface area contributed by atoms with Gasteiger partial charge >= 0.3 is 0 Å². The average molecular weight is 216 g/mol. The van der Waals surface area contributed by atoms with Crippen LogP contribution in [0, 0.1) is 5.82 Å². The molecule has 0 heterocycles. The first-order valence-electron chi connectivity index (χ1n) is 4.63. The molecule has 3 heteroatoms. The number of hydrogen-bond donors (Lipinski definition) is 0. The van der Waals surface area contributed by atoms with Gasteiger partial charge in [-0.25, -0.2) is 4.39 Å². The highest BCUT2D eigenvalue weighted by molar-refractivity contribution is 6.17. The molecule has 1 aromatic rings. The molecule has 0 saturated carbocycles. The van der Waals surface area contributed by atoms with E-state index in [1.165, 1.54) is 12.1 Å². The normalized spacial score (nSPS) is 10.7. The molecular weight excluding hydrogens is 201 g/mol. The molecule has 14 heavy (non-hydrogen) atoms. The Hall–Kier alpha value is -0.760. The van der Waals surface area contributed by atoms with Crippen LogP contribution in [0.5, 0.6) is 0 Å². The van der Waals surface area contributed by atoms with Crippen LogP contribution in [0.25, 0.3) is 0 Å². The minimum atomic E-state index is -0.235. The van der Waals surface area contributed by atoms with Gasteiger partial charge in [-0.15, -0.1) is 11.6 Å². The molecule has 0 spiro atoms. The van der Waals surface area contributed by atoms with Gasteiger partial charge in [0.2, 0.25) is 0 Å². The van der Waals surface area contributed by atoms with E-state index in [0.717, 1.165) is 11.3 Å². The summed E-state index contributed by atoms with van der Waals surface area (Å²) in [6.45, 7) is 4.17. The van der Waals surface area contributed by atoms with Gasteiger partial charge in [0, 0.05) is 24.7 Å². The van der Waals surface area contributed by atoms with Gasteiger partial charge in [-0.1, -0.05) is 0 Å². The third-order valence-corrected chi connectivity index (χ3v) is 2.63. The van der Waals surface area contributed by atoms with Gasteiger partial charge < -0.3 is 4.90 Å². The fraction of sp³-hybridized carbons (Fsp3) is 0.455. The van der Waals surface area contributed by atoms with Crippen LogP contribution in [-0.2, 0) is 5.88 Å². The van der Waals surface area contributed by atoms with Crippen LogP contribution in [0.1, 0.15) is 19.4 Å². The van der Waals surface area contributed by atoms with Gasteiger partial charge in [0.1, 0.15) is 5.82 Å². The lowest BCUT2D eigenvalue weighted by atomic mass is 10.1. The third-order valence-electron chi connectivity index (χ3n) is 2.34. The van der Waals surface area contributed by atoms with Crippen molar-refractivity contribution in [1.82, 2.24) is 0 Å². The summed E-state index contributed by atoms with van der Waals surface area (Å²) in [6, 6.07) is 5.10. The van der Waals surface area contributed by atoms with E-state index in [1.807, 2.05) is 7.05 Å². The molecule has 0 unspecified atom stereocenters. The summed E-state index contributed by atoms with van der Waals surface area (Å²) in [7, 11) is 1.98. The number of alkyl halides is 1. The fourth-order valence-electron chi connectivity index (χ4n) is 1.28. The Kier molecular flexibility index (Phi) is 3.76. The van der Waals surface area contributed by atoms with E-state index in [0.29, 0.717) is 11.9 Å². The van der Waals surface area contributed by atoms with Crippen LogP contribution in [0.4, 0.5) is 10.1 Å². The Labute approximate surface area is 89.5 Å². The number of nitrogens with zero attached hydrogens (tertiary/aromatic N) is 1. The Balaban J connectivity index is 3.07. The fourth-order valence-corrected chi connectivity index (χ4v) is 1.50. The van der Waals surface area contributed by atoms with Crippen molar-refractivity contribution >= 4 is 17.3 Å². The molecule has 1 rings (SSSR count). The Bertz CT molecular complexity index is 312. The van der Waals surface area contributed by atoms with Crippen molar-refractivity contribution in [3.8, 4) is 0 Å². The lowest BCUT2D eigenvalue weighted by molar-refractivity contribution is 0.625. The highest BCUT2D eigenvalue weighted by Gasteiger charge is 2.10. The Morgan fingerprint density at radius 2 is 2.07 bits per heavy atom. The molecule has 0 saturated heterocycles. The van der Waals surface area contributed by atoms with Gasteiger partial charge in [-0.2, -0.15) is 0 Å². The van der Waals surface area contributed by atoms with Crippen LogP contribution in [0.3, 0.4) is 0 Å². The first kappa shape index (κ1) is 11.3. The average Bonchev–Trinajstić information content (AvgIpc) is 2.16. The van der Waals surface area contributed by atoms with E-state index in [-0.39, 0.29) is 5.82 Å². The van der Waals surface area contributed by atoms with E-state index in [2.05, 4.69) is 18.7 Å². The zero-order chi connectivity index (χ0) is 10.7. The number of halogens is 2. The molecule has 1 nitrogen and oxygen atoms in total. The van der Waals surface area contributed by atoms with Crippen molar-refractivity contribution in [2.24, 2.45) is 0 Å². The van der Waals surface area contributed by atoms with E-state index >= 15 is 0 Å². The topological polar surface area (TPSA) is 3.24 Å². The van der Waals surface area contributed by atoms with Crippen molar-refractivity contribution in [2.45, 2.75) is 25.8 Å². The minimum absolute atomic E-state index is 0.235. The van der Waals surface area contributed by atoms with Crippen molar-refractivity contribution in [2.75, 3.05) is 11.9 Å². The standard InChI is InChI=1S/C11H15ClFN/c1-8(2)14(3)11-5-4-10(13)6-9(11)7-12/h4-6,8H,7H2,1-3H3. The van der Waals surface area contributed by atoms with Gasteiger partial charge in [-0.3, -0.25) is 0 Å². The molecule has 0 N–H and O–H groups in total. The van der Waals surface area contributed by atoms with Crippen LogP contribution < -0.4 is 4.90 Å². The molecule has 0 amide bonds. The molecule has 0 radical (unpaired) electrons. The molecule has 78 valence electrons. The summed E-state index contributed by atoms with van der Waals surface area (Å²) in [5.74, 6) is 0.103. The second-order valence-electron chi connectivity index (χ2n) is 3.61. The SMILES string of the molecule is CC(C)N(C)c1ccc(F)cc1CCl. The first-order valence-corrected chi connectivity index (χ1v) is 5.17. The van der Waals surface area contributed by atoms with Crippen LogP contribution in [-0.4, -0.2) is 13.1 Å². The zero-order valence-electron chi connectivity index (χ0n) is 8.72. The summed E-state index contributed by atoms with van der Waals surface area (Å²) < 4.78 is 12.9. The Morgan fingerprint density at radius 3 is 2.57 bits per heavy atom. The first-order chi connectivity index (χ1) is 6.56. The molecule has 0 fully saturated rings. The van der Waals surface area contributed by atoms with E-state index in [4.69, 9.17) is 11.6 Å². The number of rotatable bonds is 3. The maximum absolute atomic E-state index is 12.9. The second-order valence-corrected chi connectivity index (χ2v) is 3.88. The highest BCUT2D eigenvalue weighted by atomic mass is 35.5. The second kappa shape index (κ2) is 4.65. The third kappa shape index (κ3) is 2.38. The summed E-state index contributed by atoms with van der Waals surface area (Å²) >= 11 is 5.76. The zero-order valence-corrected chi connectivity index (χ0v) is 9.48. The van der Waals surface area contributed by atoms with Gasteiger partial charge in [0.05, 0.1) is 0 Å². The molecule has 0 atom stereocenters. The monoisotopic (exact) mass is 215 g/mol. The lowest BCUT2D eigenvalue weighted by Gasteiger charge is -2.25. The molecule has 1 aromatic carbocycles. The predicted molar refractivity (Wildman–Crippen MR) is 59.5 cm³/mol. The van der Waals surface area contributed by atoms with E-state index in [1.54, 1.807) is 6.07 Å². The molecule has 0 aliphatic heterocycles. The predicted octanol–water partition coefficient (Wildman–Crippen LogP) is 3.41. The smallest absolute Gasteiger partial charge is 0.123 e. The maximum Gasteiger partial charge on any atom is 0.123 e. The largest absolute Gasteiger partial charge is 0.372 e. The Morgan fingerprint density at radius 1 is 1.43 bits per heavy atom. The van der Waals surface area contributed by atoms with E-state index < -0.39 is 0 Å². The maximum atomic E-state index is 12.9. The molecule has 0 aromatic heterocycles. The number of benzene rings is 1. The van der Waals surface area contributed by atoms with Crippen LogP contribution in [0.15, 0.2) is 18.2 Å². The van der Waals surface area contributed by atoms with Gasteiger partial charge in [0.25, 0.3) is 0 Å². The molecule has 0 bridgehead atoms. The van der Waals surface area contributed by atoms with Crippen molar-refractivity contribution in [3.63, 3.8) is 0 Å². The van der Waals surface area contributed by atoms with Crippen molar-refractivity contribution in [1.29, 1.82) is 0 Å². The summed E-state index contributed by atoms with van der Waals surface area (Å²) in [4.78, 5) is 2.08. The number of anilines is 1. The molecular formula is C11H15ClFN. The number of hydrogen-bond acceptors (Lipinski definition) is 1. The lowest BCUT2D eigenvalue weighted by Crippen LogP contribution is -2.26. The summed E-state index contributed by atoms with van der Waals surface area (Å²) in [5.41, 5.74) is 1.83.